The molecule has 0 bridgehead atoms. The molecule has 2 aromatic heterocycles. The van der Waals surface area contributed by atoms with Crippen molar-refractivity contribution < 1.29 is 24.0 Å². The summed E-state index contributed by atoms with van der Waals surface area (Å²) in [6.45, 7) is 12.4. The van der Waals surface area contributed by atoms with Crippen LogP contribution in [0.3, 0.4) is 0 Å². The first-order chi connectivity index (χ1) is 19.4. The molecule has 0 aromatic carbocycles. The monoisotopic (exact) mass is 574 g/mol. The lowest BCUT2D eigenvalue weighted by molar-refractivity contribution is -0.143. The Morgan fingerprint density at radius 1 is 1.12 bits per heavy atom. The van der Waals surface area contributed by atoms with Crippen LogP contribution < -0.4 is 21.5 Å². The molecule has 228 valence electrons. The van der Waals surface area contributed by atoms with Crippen molar-refractivity contribution in [3.05, 3.63) is 39.8 Å². The van der Waals surface area contributed by atoms with E-state index in [1.807, 2.05) is 27.7 Å². The van der Waals surface area contributed by atoms with Crippen molar-refractivity contribution in [2.75, 3.05) is 18.4 Å². The van der Waals surface area contributed by atoms with Gasteiger partial charge in [0.15, 0.2) is 5.82 Å². The van der Waals surface area contributed by atoms with Crippen molar-refractivity contribution in [1.82, 2.24) is 25.3 Å². The van der Waals surface area contributed by atoms with Crippen LogP contribution in [0.25, 0.3) is 0 Å². The SMILES string of the molecule is CCCCCCCNCC(=O)CC(NC(=O)[C@H](CC)n1cc(C(C)(C)C)nc(NCc2nocc2C)c1=O)C(=O)O. The van der Waals surface area contributed by atoms with E-state index < -0.39 is 34.9 Å². The molecule has 1 unspecified atom stereocenters. The summed E-state index contributed by atoms with van der Waals surface area (Å²) in [5, 5.41) is 22.2. The van der Waals surface area contributed by atoms with Crippen LogP contribution in [0.1, 0.15) is 103 Å². The normalized spacial score (nSPS) is 13.0. The molecule has 0 aliphatic heterocycles. The van der Waals surface area contributed by atoms with E-state index in [4.69, 9.17) is 4.52 Å². The predicted molar refractivity (Wildman–Crippen MR) is 156 cm³/mol. The molecule has 41 heavy (non-hydrogen) atoms. The maximum absolute atomic E-state index is 13.5. The first-order valence-electron chi connectivity index (χ1n) is 14.4. The van der Waals surface area contributed by atoms with Crippen LogP contribution in [0.2, 0.25) is 0 Å². The van der Waals surface area contributed by atoms with Gasteiger partial charge >= 0.3 is 5.97 Å². The Morgan fingerprint density at radius 2 is 1.83 bits per heavy atom. The highest BCUT2D eigenvalue weighted by Gasteiger charge is 2.30. The highest BCUT2D eigenvalue weighted by atomic mass is 16.5. The van der Waals surface area contributed by atoms with Gasteiger partial charge in [-0.15, -0.1) is 0 Å². The minimum absolute atomic E-state index is 0.0312. The van der Waals surface area contributed by atoms with Gasteiger partial charge in [-0.3, -0.25) is 19.0 Å². The molecule has 0 aliphatic rings. The van der Waals surface area contributed by atoms with Gasteiger partial charge in [0, 0.05) is 23.6 Å². The number of amides is 1. The lowest BCUT2D eigenvalue weighted by Crippen LogP contribution is -2.47. The molecular weight excluding hydrogens is 528 g/mol. The molecule has 2 aromatic rings. The second-order valence-corrected chi connectivity index (χ2v) is 11.4. The fraction of sp³-hybridized carbons (Fsp3) is 0.655. The number of carbonyl (C=O) groups is 3. The van der Waals surface area contributed by atoms with Gasteiger partial charge < -0.3 is 25.6 Å². The van der Waals surface area contributed by atoms with Gasteiger partial charge in [0.05, 0.1) is 18.8 Å². The number of anilines is 1. The van der Waals surface area contributed by atoms with E-state index in [1.165, 1.54) is 23.4 Å². The Kier molecular flexibility index (Phi) is 13.2. The van der Waals surface area contributed by atoms with E-state index in [0.717, 1.165) is 31.2 Å². The van der Waals surface area contributed by atoms with Crippen molar-refractivity contribution in [1.29, 1.82) is 0 Å². The van der Waals surface area contributed by atoms with Gasteiger partial charge in [0.1, 0.15) is 29.8 Å². The van der Waals surface area contributed by atoms with Crippen molar-refractivity contribution in [2.45, 2.75) is 111 Å². The summed E-state index contributed by atoms with van der Waals surface area (Å²) >= 11 is 0. The summed E-state index contributed by atoms with van der Waals surface area (Å²) in [5.41, 5.74) is 1.00. The largest absolute Gasteiger partial charge is 0.480 e. The number of Topliss-reactive ketones (excluding diaryl/α,β-unsaturated/α-hetero) is 1. The number of ketones is 1. The van der Waals surface area contributed by atoms with E-state index in [9.17, 15) is 24.3 Å². The van der Waals surface area contributed by atoms with E-state index in [2.05, 4.69) is 33.0 Å². The number of carbonyl (C=O) groups excluding carboxylic acids is 2. The van der Waals surface area contributed by atoms with Crippen LogP contribution in [-0.4, -0.2) is 56.6 Å². The fourth-order valence-corrected chi connectivity index (χ4v) is 4.22. The molecule has 12 heteroatoms. The number of aryl methyl sites for hydroxylation is 1. The van der Waals surface area contributed by atoms with Crippen LogP contribution in [0.4, 0.5) is 5.82 Å². The Labute approximate surface area is 241 Å². The van der Waals surface area contributed by atoms with Gasteiger partial charge in [-0.05, 0) is 26.3 Å². The topological polar surface area (TPSA) is 168 Å². The zero-order valence-corrected chi connectivity index (χ0v) is 25.2. The number of hydrogen-bond acceptors (Lipinski definition) is 9. The van der Waals surface area contributed by atoms with Gasteiger partial charge in [0.25, 0.3) is 5.56 Å². The summed E-state index contributed by atoms with van der Waals surface area (Å²) in [7, 11) is 0. The molecule has 4 N–H and O–H groups in total. The number of nitrogens with one attached hydrogen (secondary N) is 3. The van der Waals surface area contributed by atoms with Crippen molar-refractivity contribution in [3.63, 3.8) is 0 Å². The van der Waals surface area contributed by atoms with Gasteiger partial charge in [-0.2, -0.15) is 0 Å². The number of hydrogen-bond donors (Lipinski definition) is 4. The molecule has 0 saturated carbocycles. The molecule has 0 fully saturated rings. The maximum atomic E-state index is 13.5. The third kappa shape index (κ3) is 10.4. The van der Waals surface area contributed by atoms with Gasteiger partial charge in [-0.1, -0.05) is 65.5 Å². The van der Waals surface area contributed by atoms with Crippen LogP contribution in [0.15, 0.2) is 21.8 Å². The van der Waals surface area contributed by atoms with Crippen LogP contribution in [-0.2, 0) is 26.3 Å². The Hall–Kier alpha value is -3.54. The summed E-state index contributed by atoms with van der Waals surface area (Å²) in [5.74, 6) is -2.26. The number of aromatic nitrogens is 3. The van der Waals surface area contributed by atoms with E-state index >= 15 is 0 Å². The van der Waals surface area contributed by atoms with Crippen LogP contribution >= 0.6 is 0 Å². The second-order valence-electron chi connectivity index (χ2n) is 11.4. The first-order valence-corrected chi connectivity index (χ1v) is 14.4. The van der Waals surface area contributed by atoms with Gasteiger partial charge in [0.2, 0.25) is 5.91 Å². The summed E-state index contributed by atoms with van der Waals surface area (Å²) in [6.07, 6.45) is 8.38. The first kappa shape index (κ1) is 33.7. The zero-order chi connectivity index (χ0) is 30.6. The van der Waals surface area contributed by atoms with Crippen LogP contribution in [0.5, 0.6) is 0 Å². The number of nitrogens with zero attached hydrogens (tertiary/aromatic N) is 3. The Morgan fingerprint density at radius 3 is 2.41 bits per heavy atom. The lowest BCUT2D eigenvalue weighted by atomic mass is 9.92. The highest BCUT2D eigenvalue weighted by molar-refractivity contribution is 5.91. The second kappa shape index (κ2) is 16.0. The zero-order valence-electron chi connectivity index (χ0n) is 25.2. The quantitative estimate of drug-likeness (QED) is 0.193. The van der Waals surface area contributed by atoms with E-state index in [0.29, 0.717) is 17.9 Å². The summed E-state index contributed by atoms with van der Waals surface area (Å²) in [4.78, 5) is 55.7. The molecule has 1 amide bonds. The molecule has 2 heterocycles. The Balaban J connectivity index is 2.17. The molecule has 12 nitrogen and oxygen atoms in total. The molecule has 0 spiro atoms. The molecule has 0 saturated heterocycles. The molecular formula is C29H46N6O6. The Bertz CT molecular complexity index is 1220. The number of carboxylic acid groups (broad SMARTS) is 1. The third-order valence-corrected chi connectivity index (χ3v) is 6.82. The summed E-state index contributed by atoms with van der Waals surface area (Å²) in [6, 6.07) is -2.43. The van der Waals surface area contributed by atoms with E-state index in [1.54, 1.807) is 6.92 Å². The average Bonchev–Trinajstić information content (AvgIpc) is 3.32. The molecule has 0 radical (unpaired) electrons. The molecule has 2 rings (SSSR count). The van der Waals surface area contributed by atoms with Crippen molar-refractivity contribution >= 4 is 23.5 Å². The molecule has 0 aliphatic carbocycles. The van der Waals surface area contributed by atoms with Crippen LogP contribution in [0, 0.1) is 6.92 Å². The van der Waals surface area contributed by atoms with Crippen molar-refractivity contribution in [3.8, 4) is 0 Å². The van der Waals surface area contributed by atoms with Crippen molar-refractivity contribution in [2.24, 2.45) is 0 Å². The fourth-order valence-electron chi connectivity index (χ4n) is 4.22. The smallest absolute Gasteiger partial charge is 0.326 e. The minimum Gasteiger partial charge on any atom is -0.480 e. The van der Waals surface area contributed by atoms with Gasteiger partial charge in [-0.25, -0.2) is 9.78 Å². The standard InChI is InChI=1S/C29H46N6O6/c1-7-9-10-11-12-13-30-15-20(36)14-21(28(39)40)32-26(37)23(8-2)35-17-24(29(4,5)6)33-25(27(35)38)31-16-22-19(3)18-41-34-22/h17-18,21,23,30H,7-16H2,1-6H3,(H,31,33)(H,32,37)(H,39,40)/t21?,23-/m0/s1. The maximum Gasteiger partial charge on any atom is 0.326 e. The predicted octanol–water partition coefficient (Wildman–Crippen LogP) is 3.49. The minimum atomic E-state index is -1.41. The summed E-state index contributed by atoms with van der Waals surface area (Å²) < 4.78 is 6.24. The third-order valence-electron chi connectivity index (χ3n) is 6.82. The lowest BCUT2D eigenvalue weighted by Gasteiger charge is -2.25. The number of carboxylic acids is 1. The number of rotatable bonds is 18. The molecule has 2 atom stereocenters. The average molecular weight is 575 g/mol. The number of aliphatic carboxylic acids is 1. The highest BCUT2D eigenvalue weighted by Crippen LogP contribution is 2.22. The van der Waals surface area contributed by atoms with E-state index in [-0.39, 0.29) is 37.5 Å². The number of unbranched alkanes of at least 4 members (excludes halogenated alkanes) is 4.